The number of carbonyl (C=O) groups excluding carboxylic acids is 4. The van der Waals surface area contributed by atoms with Gasteiger partial charge in [-0.2, -0.15) is 0 Å². The summed E-state index contributed by atoms with van der Waals surface area (Å²) in [5.41, 5.74) is 0. The van der Waals surface area contributed by atoms with Crippen molar-refractivity contribution in [1.29, 1.82) is 0 Å². The highest BCUT2D eigenvalue weighted by molar-refractivity contribution is 5.78. The fourth-order valence-electron chi connectivity index (χ4n) is 5.70. The summed E-state index contributed by atoms with van der Waals surface area (Å²) in [5.74, 6) is -0.682. The van der Waals surface area contributed by atoms with Crippen molar-refractivity contribution in [2.75, 3.05) is 13.2 Å². The molecule has 0 aromatic rings. The zero-order valence-electron chi connectivity index (χ0n) is 22.2. The van der Waals surface area contributed by atoms with Crippen molar-refractivity contribution in [3.8, 4) is 0 Å². The van der Waals surface area contributed by atoms with Gasteiger partial charge in [-0.25, -0.2) is 0 Å². The van der Waals surface area contributed by atoms with Gasteiger partial charge in [-0.05, 0) is 97.8 Å². The number of carbonyl (C=O) groups is 4. The van der Waals surface area contributed by atoms with E-state index in [-0.39, 0.29) is 65.7 Å². The average molecular weight is 509 g/mol. The van der Waals surface area contributed by atoms with Crippen LogP contribution in [0.2, 0.25) is 0 Å². The monoisotopic (exact) mass is 508 g/mol. The third-order valence-corrected chi connectivity index (χ3v) is 8.09. The van der Waals surface area contributed by atoms with E-state index in [2.05, 4.69) is 0 Å². The maximum absolute atomic E-state index is 12.7. The highest BCUT2D eigenvalue weighted by Crippen LogP contribution is 2.34. The number of Topliss-reactive ketones (excluding diaryl/α,β-unsaturated/α-hetero) is 1. The average Bonchev–Trinajstić information content (AvgIpc) is 2.88. The van der Waals surface area contributed by atoms with Crippen LogP contribution in [0.15, 0.2) is 0 Å². The molecular weight excluding hydrogens is 464 g/mol. The van der Waals surface area contributed by atoms with Gasteiger partial charge in [0.2, 0.25) is 0 Å². The first-order valence-corrected chi connectivity index (χ1v) is 14.0. The van der Waals surface area contributed by atoms with E-state index in [0.717, 1.165) is 25.7 Å². The molecule has 3 saturated carbocycles. The van der Waals surface area contributed by atoms with Crippen LogP contribution in [0.5, 0.6) is 0 Å². The molecule has 3 aliphatic rings. The van der Waals surface area contributed by atoms with Crippen LogP contribution in [-0.4, -0.2) is 55.2 Å². The van der Waals surface area contributed by atoms with E-state index in [1.807, 2.05) is 13.8 Å². The molecule has 0 amide bonds. The molecule has 3 fully saturated rings. The van der Waals surface area contributed by atoms with Gasteiger partial charge in [0.05, 0.1) is 24.4 Å². The van der Waals surface area contributed by atoms with E-state index >= 15 is 0 Å². The van der Waals surface area contributed by atoms with Gasteiger partial charge in [0, 0.05) is 12.5 Å². The molecule has 0 aliphatic heterocycles. The normalized spacial score (nSPS) is 31.6. The van der Waals surface area contributed by atoms with E-state index in [9.17, 15) is 19.2 Å². The Morgan fingerprint density at radius 2 is 1.03 bits per heavy atom. The van der Waals surface area contributed by atoms with Crippen molar-refractivity contribution >= 4 is 23.7 Å². The highest BCUT2D eigenvalue weighted by Gasteiger charge is 2.36. The van der Waals surface area contributed by atoms with Gasteiger partial charge in [0.1, 0.15) is 24.1 Å². The van der Waals surface area contributed by atoms with Crippen molar-refractivity contribution in [2.24, 2.45) is 23.7 Å². The minimum atomic E-state index is -0.262. The van der Waals surface area contributed by atoms with Crippen LogP contribution >= 0.6 is 0 Å². The lowest BCUT2D eigenvalue weighted by Gasteiger charge is -2.32. The zero-order chi connectivity index (χ0) is 26.1. The Hall–Kier alpha value is -1.96. The smallest absolute Gasteiger partial charge is 0.309 e. The summed E-state index contributed by atoms with van der Waals surface area (Å²) in [7, 11) is 0. The maximum Gasteiger partial charge on any atom is 0.309 e. The topological polar surface area (TPSA) is 105 Å². The molecule has 1 unspecified atom stereocenters. The Morgan fingerprint density at radius 3 is 1.44 bits per heavy atom. The molecule has 0 bridgehead atoms. The van der Waals surface area contributed by atoms with Crippen molar-refractivity contribution < 1.29 is 38.1 Å². The van der Waals surface area contributed by atoms with Gasteiger partial charge in [0.25, 0.3) is 0 Å². The molecule has 8 nitrogen and oxygen atoms in total. The van der Waals surface area contributed by atoms with Crippen LogP contribution in [0.1, 0.15) is 97.8 Å². The Labute approximate surface area is 215 Å². The Kier molecular flexibility index (Phi) is 11.2. The second-order valence-corrected chi connectivity index (χ2v) is 10.9. The second-order valence-electron chi connectivity index (χ2n) is 10.9. The van der Waals surface area contributed by atoms with Crippen LogP contribution in [0.3, 0.4) is 0 Å². The third kappa shape index (κ3) is 8.56. The molecule has 0 aromatic carbocycles. The van der Waals surface area contributed by atoms with Crippen molar-refractivity contribution in [1.82, 2.24) is 0 Å². The molecule has 36 heavy (non-hydrogen) atoms. The third-order valence-electron chi connectivity index (χ3n) is 8.09. The van der Waals surface area contributed by atoms with Gasteiger partial charge in [0.15, 0.2) is 0 Å². The molecule has 0 spiro atoms. The summed E-state index contributed by atoms with van der Waals surface area (Å²) in [4.78, 5) is 49.3. The first-order valence-electron chi connectivity index (χ1n) is 14.0. The molecule has 3 aliphatic carbocycles. The number of rotatable bonds is 10. The Balaban J connectivity index is 1.31. The van der Waals surface area contributed by atoms with Gasteiger partial charge in [-0.15, -0.1) is 0 Å². The van der Waals surface area contributed by atoms with Crippen molar-refractivity contribution in [3.63, 3.8) is 0 Å². The number of hydrogen-bond donors (Lipinski definition) is 0. The fourth-order valence-corrected chi connectivity index (χ4v) is 5.70. The highest BCUT2D eigenvalue weighted by atomic mass is 16.6. The predicted molar refractivity (Wildman–Crippen MR) is 132 cm³/mol. The molecular formula is C28H44O8. The summed E-state index contributed by atoms with van der Waals surface area (Å²) >= 11 is 0. The minimum Gasteiger partial charge on any atom is -0.462 e. The standard InChI is InChI=1S/C28H44O8/c1-4-33-17-18(2)34-26(30)23-11-15-25(16-12-23)36-28(32)22-7-5-21(6-8-22)27(31)35-24-13-9-20(10-14-24)19(3)29/h18,20-25H,4-17H2,1-3H3. The van der Waals surface area contributed by atoms with Gasteiger partial charge < -0.3 is 18.9 Å². The van der Waals surface area contributed by atoms with E-state index in [1.54, 1.807) is 6.92 Å². The lowest BCUT2D eigenvalue weighted by Crippen LogP contribution is -2.34. The van der Waals surface area contributed by atoms with Gasteiger partial charge in [-0.1, -0.05) is 0 Å². The molecule has 1 atom stereocenters. The molecule has 8 heteroatoms. The maximum atomic E-state index is 12.7. The second kappa shape index (κ2) is 14.1. The minimum absolute atomic E-state index is 0.0870. The largest absolute Gasteiger partial charge is 0.462 e. The number of esters is 3. The van der Waals surface area contributed by atoms with E-state index in [1.165, 1.54) is 0 Å². The summed E-state index contributed by atoms with van der Waals surface area (Å²) in [5, 5.41) is 0. The molecule has 0 heterocycles. The van der Waals surface area contributed by atoms with Crippen molar-refractivity contribution in [3.05, 3.63) is 0 Å². The van der Waals surface area contributed by atoms with Crippen LogP contribution in [0, 0.1) is 23.7 Å². The predicted octanol–water partition coefficient (Wildman–Crippen LogP) is 4.55. The first-order chi connectivity index (χ1) is 17.3. The molecule has 0 radical (unpaired) electrons. The van der Waals surface area contributed by atoms with Crippen LogP contribution < -0.4 is 0 Å². The van der Waals surface area contributed by atoms with E-state index in [4.69, 9.17) is 18.9 Å². The van der Waals surface area contributed by atoms with Crippen LogP contribution in [0.25, 0.3) is 0 Å². The zero-order valence-corrected chi connectivity index (χ0v) is 22.2. The first kappa shape index (κ1) is 28.6. The summed E-state index contributed by atoms with van der Waals surface area (Å²) in [6, 6.07) is 0. The van der Waals surface area contributed by atoms with Gasteiger partial charge in [-0.3, -0.25) is 19.2 Å². The SMILES string of the molecule is CCOCC(C)OC(=O)C1CCC(OC(=O)C2CCC(C(=O)OC3CCC(C(C)=O)CC3)CC2)CC1. The van der Waals surface area contributed by atoms with E-state index in [0.29, 0.717) is 64.6 Å². The van der Waals surface area contributed by atoms with Crippen LogP contribution in [-0.2, 0) is 38.1 Å². The fraction of sp³-hybridized carbons (Fsp3) is 0.857. The van der Waals surface area contributed by atoms with Crippen molar-refractivity contribution in [2.45, 2.75) is 116 Å². The van der Waals surface area contributed by atoms with Crippen LogP contribution in [0.4, 0.5) is 0 Å². The molecule has 0 aromatic heterocycles. The number of ketones is 1. The lowest BCUT2D eigenvalue weighted by atomic mass is 9.81. The summed E-state index contributed by atoms with van der Waals surface area (Å²) in [6.07, 6.45) is 7.78. The molecule has 204 valence electrons. The lowest BCUT2D eigenvalue weighted by molar-refractivity contribution is -0.164. The van der Waals surface area contributed by atoms with E-state index < -0.39 is 0 Å². The summed E-state index contributed by atoms with van der Waals surface area (Å²) in [6.45, 7) is 6.36. The molecule has 3 rings (SSSR count). The molecule has 0 saturated heterocycles. The Morgan fingerprint density at radius 1 is 0.639 bits per heavy atom. The quantitative estimate of drug-likeness (QED) is 0.313. The Bertz CT molecular complexity index is 741. The van der Waals surface area contributed by atoms with Gasteiger partial charge >= 0.3 is 17.9 Å². The summed E-state index contributed by atoms with van der Waals surface area (Å²) < 4.78 is 22.3. The number of hydrogen-bond acceptors (Lipinski definition) is 8. The number of ether oxygens (including phenoxy) is 4. The molecule has 0 N–H and O–H groups in total.